The van der Waals surface area contributed by atoms with Gasteiger partial charge < -0.3 is 29.9 Å². The number of aliphatic hydroxyl groups is 2. The Morgan fingerprint density at radius 3 is 2.48 bits per heavy atom. The molecule has 2 fully saturated rings. The maximum Gasteiger partial charge on any atom is 0.247 e. The van der Waals surface area contributed by atoms with Gasteiger partial charge in [-0.2, -0.15) is 0 Å². The van der Waals surface area contributed by atoms with E-state index < -0.39 is 30.1 Å². The second-order valence-electron chi connectivity index (χ2n) is 11.8. The second kappa shape index (κ2) is 12.7. The van der Waals surface area contributed by atoms with E-state index in [1.165, 1.54) is 13.5 Å². The van der Waals surface area contributed by atoms with Crippen LogP contribution in [0.25, 0.3) is 0 Å². The molecule has 1 aliphatic heterocycles. The van der Waals surface area contributed by atoms with Gasteiger partial charge in [0.1, 0.15) is 18.5 Å². The topological polar surface area (TPSA) is 125 Å². The zero-order chi connectivity index (χ0) is 28.2. The fourth-order valence-corrected chi connectivity index (χ4v) is 7.17. The molecule has 2 saturated carbocycles. The van der Waals surface area contributed by atoms with Gasteiger partial charge >= 0.3 is 0 Å². The summed E-state index contributed by atoms with van der Waals surface area (Å²) in [6.45, 7) is 0.389. The van der Waals surface area contributed by atoms with Crippen molar-refractivity contribution >= 4 is 18.1 Å². The third kappa shape index (κ3) is 5.77. The molecule has 40 heavy (non-hydrogen) atoms. The number of carbonyl (C=O) groups is 3. The Hall–Kier alpha value is -2.91. The molecule has 4 atom stereocenters. The summed E-state index contributed by atoms with van der Waals surface area (Å²) in [4.78, 5) is 40.9. The number of nitrogens with zero attached hydrogens (tertiary/aromatic N) is 1. The number of ether oxygens (including phenoxy) is 2. The van der Waals surface area contributed by atoms with Crippen LogP contribution in [0.2, 0.25) is 0 Å². The highest BCUT2D eigenvalue weighted by atomic mass is 16.5. The fourth-order valence-electron chi connectivity index (χ4n) is 7.17. The van der Waals surface area contributed by atoms with Gasteiger partial charge in [-0.3, -0.25) is 14.4 Å². The number of aldehydes is 1. The number of hydrogen-bond donors (Lipinski definition) is 3. The minimum absolute atomic E-state index is 0.0164. The van der Waals surface area contributed by atoms with Crippen LogP contribution in [0.1, 0.15) is 86.0 Å². The Labute approximate surface area is 235 Å². The second-order valence-corrected chi connectivity index (χ2v) is 11.8. The van der Waals surface area contributed by atoms with E-state index >= 15 is 0 Å². The fraction of sp³-hybridized carbons (Fsp3) is 0.645. The van der Waals surface area contributed by atoms with Crippen LogP contribution in [0.15, 0.2) is 23.8 Å². The largest absolute Gasteiger partial charge is 0.493 e. The van der Waals surface area contributed by atoms with Gasteiger partial charge in [-0.15, -0.1) is 0 Å². The van der Waals surface area contributed by atoms with Crippen molar-refractivity contribution in [3.8, 4) is 11.5 Å². The summed E-state index contributed by atoms with van der Waals surface area (Å²) in [5.41, 5.74) is 1.32. The highest BCUT2D eigenvalue weighted by Crippen LogP contribution is 2.51. The Kier molecular flexibility index (Phi) is 9.10. The molecule has 4 unspecified atom stereocenters. The SMILES string of the molecule is COc1cc(C=O)cc2c1OC1C2C(C(=O)NCCO)=CC(N(CC2CCCCC2)C(=O)CC2CCCC2)C1O. The van der Waals surface area contributed by atoms with Gasteiger partial charge in [-0.1, -0.05) is 32.1 Å². The summed E-state index contributed by atoms with van der Waals surface area (Å²) in [6, 6.07) is 2.50. The third-order valence-corrected chi connectivity index (χ3v) is 9.21. The lowest BCUT2D eigenvalue weighted by molar-refractivity contribution is -0.139. The van der Waals surface area contributed by atoms with Gasteiger partial charge in [-0.05, 0) is 55.7 Å². The van der Waals surface area contributed by atoms with Crippen molar-refractivity contribution < 1.29 is 34.1 Å². The molecular weight excluding hydrogens is 512 g/mol. The molecule has 3 aliphatic carbocycles. The minimum Gasteiger partial charge on any atom is -0.493 e. The van der Waals surface area contributed by atoms with Crippen LogP contribution in [0, 0.1) is 11.8 Å². The minimum atomic E-state index is -1.09. The van der Waals surface area contributed by atoms with E-state index in [-0.39, 0.29) is 19.1 Å². The van der Waals surface area contributed by atoms with E-state index in [1.807, 2.05) is 4.90 Å². The Bertz CT molecular complexity index is 1120. The summed E-state index contributed by atoms with van der Waals surface area (Å²) < 4.78 is 11.8. The number of aliphatic hydroxyl groups excluding tert-OH is 2. The Balaban J connectivity index is 1.54. The summed E-state index contributed by atoms with van der Waals surface area (Å²) in [5.74, 6) is 0.406. The van der Waals surface area contributed by atoms with Crippen molar-refractivity contribution in [1.82, 2.24) is 10.2 Å². The molecule has 3 N–H and O–H groups in total. The molecule has 0 bridgehead atoms. The molecule has 0 aromatic heterocycles. The predicted octanol–water partition coefficient (Wildman–Crippen LogP) is 3.12. The highest BCUT2D eigenvalue weighted by molar-refractivity contribution is 5.96. The standard InChI is InChI=1S/C31H42N2O7/c1-39-25-14-21(18-35)13-22-27-23(31(38)32-11-12-34)16-24(28(37)30(27)40-29(22)25)33(17-20-9-3-2-4-10-20)26(36)15-19-7-5-6-8-19/h13-14,16,18-20,24,27-28,30,34,37H,2-12,15,17H2,1H3,(H,32,38). The van der Waals surface area contributed by atoms with Gasteiger partial charge in [0, 0.05) is 36.2 Å². The monoisotopic (exact) mass is 554 g/mol. The average Bonchev–Trinajstić information content (AvgIpc) is 3.63. The molecule has 4 aliphatic rings. The molecule has 1 aromatic rings. The molecule has 9 nitrogen and oxygen atoms in total. The van der Waals surface area contributed by atoms with Crippen molar-refractivity contribution in [3.63, 3.8) is 0 Å². The number of amides is 2. The Morgan fingerprint density at radius 1 is 1.10 bits per heavy atom. The van der Waals surface area contributed by atoms with Gasteiger partial charge in [0.05, 0.1) is 25.7 Å². The molecule has 1 heterocycles. The number of nitrogens with one attached hydrogen (secondary N) is 1. The summed E-state index contributed by atoms with van der Waals surface area (Å²) in [5, 5.41) is 24.0. The van der Waals surface area contributed by atoms with Crippen molar-refractivity contribution in [2.45, 2.75) is 88.4 Å². The number of rotatable bonds is 10. The lowest BCUT2D eigenvalue weighted by Gasteiger charge is -2.42. The van der Waals surface area contributed by atoms with E-state index in [4.69, 9.17) is 9.47 Å². The van der Waals surface area contributed by atoms with E-state index in [1.54, 1.807) is 18.2 Å². The summed E-state index contributed by atoms with van der Waals surface area (Å²) in [6.07, 6.45) is 10.9. The van der Waals surface area contributed by atoms with Crippen LogP contribution < -0.4 is 14.8 Å². The van der Waals surface area contributed by atoms with E-state index in [0.29, 0.717) is 59.3 Å². The number of carbonyl (C=O) groups excluding carboxylic acids is 3. The van der Waals surface area contributed by atoms with Gasteiger partial charge in [0.2, 0.25) is 11.8 Å². The van der Waals surface area contributed by atoms with Gasteiger partial charge in [0.25, 0.3) is 0 Å². The number of benzene rings is 1. The number of methoxy groups -OCH3 is 1. The zero-order valence-electron chi connectivity index (χ0n) is 23.3. The van der Waals surface area contributed by atoms with Crippen molar-refractivity contribution in [2.75, 3.05) is 26.8 Å². The normalized spacial score (nSPS) is 26.3. The molecule has 2 amide bonds. The molecule has 1 aromatic carbocycles. The van der Waals surface area contributed by atoms with Crippen LogP contribution in [0.5, 0.6) is 11.5 Å². The summed E-state index contributed by atoms with van der Waals surface area (Å²) in [7, 11) is 1.48. The molecule has 218 valence electrons. The quantitative estimate of drug-likeness (QED) is 0.380. The van der Waals surface area contributed by atoms with Crippen LogP contribution >= 0.6 is 0 Å². The van der Waals surface area contributed by atoms with Crippen molar-refractivity contribution in [2.24, 2.45) is 11.8 Å². The van der Waals surface area contributed by atoms with Crippen LogP contribution in [-0.2, 0) is 9.59 Å². The maximum absolute atomic E-state index is 13.9. The lowest BCUT2D eigenvalue weighted by Crippen LogP contribution is -2.56. The van der Waals surface area contributed by atoms with Crippen molar-refractivity contribution in [1.29, 1.82) is 0 Å². The van der Waals surface area contributed by atoms with Gasteiger partial charge in [0.15, 0.2) is 11.5 Å². The van der Waals surface area contributed by atoms with E-state index in [2.05, 4.69) is 5.32 Å². The van der Waals surface area contributed by atoms with Gasteiger partial charge in [-0.25, -0.2) is 0 Å². The first-order valence-electron chi connectivity index (χ1n) is 14.9. The first-order chi connectivity index (χ1) is 19.4. The third-order valence-electron chi connectivity index (χ3n) is 9.21. The molecule has 0 spiro atoms. The first-order valence-corrected chi connectivity index (χ1v) is 14.9. The Morgan fingerprint density at radius 2 is 1.80 bits per heavy atom. The van der Waals surface area contributed by atoms with Crippen molar-refractivity contribution in [3.05, 3.63) is 34.9 Å². The first kappa shape index (κ1) is 28.6. The maximum atomic E-state index is 13.9. The zero-order valence-corrected chi connectivity index (χ0v) is 23.3. The van der Waals surface area contributed by atoms with E-state index in [9.17, 15) is 24.6 Å². The van der Waals surface area contributed by atoms with E-state index in [0.717, 1.165) is 51.4 Å². The molecule has 5 rings (SSSR count). The summed E-state index contributed by atoms with van der Waals surface area (Å²) >= 11 is 0. The number of fused-ring (bicyclic) bond motifs is 3. The molecule has 9 heteroatoms. The smallest absolute Gasteiger partial charge is 0.247 e. The van der Waals surface area contributed by atoms with Crippen LogP contribution in [-0.4, -0.2) is 78.3 Å². The van der Waals surface area contributed by atoms with Crippen LogP contribution in [0.4, 0.5) is 0 Å². The molecular formula is C31H42N2O7. The predicted molar refractivity (Wildman–Crippen MR) is 148 cm³/mol. The van der Waals surface area contributed by atoms with Crippen LogP contribution in [0.3, 0.4) is 0 Å². The molecule has 0 radical (unpaired) electrons. The lowest BCUT2D eigenvalue weighted by atomic mass is 9.76. The number of hydrogen-bond acceptors (Lipinski definition) is 7. The average molecular weight is 555 g/mol. The molecule has 0 saturated heterocycles. The highest BCUT2D eigenvalue weighted by Gasteiger charge is 2.51.